The van der Waals surface area contributed by atoms with Gasteiger partial charge in [-0.15, -0.1) is 0 Å². The van der Waals surface area contributed by atoms with E-state index in [1.807, 2.05) is 41.6 Å². The van der Waals surface area contributed by atoms with Gasteiger partial charge in [0, 0.05) is 57.0 Å². The molecule has 2 aromatic heterocycles. The van der Waals surface area contributed by atoms with Crippen LogP contribution in [0.2, 0.25) is 0 Å². The number of aromatic nitrogens is 2. The van der Waals surface area contributed by atoms with Crippen molar-refractivity contribution in [2.75, 3.05) is 26.2 Å². The van der Waals surface area contributed by atoms with E-state index in [4.69, 9.17) is 0 Å². The Labute approximate surface area is 142 Å². The second-order valence-electron chi connectivity index (χ2n) is 6.87. The van der Waals surface area contributed by atoms with Crippen molar-refractivity contribution in [3.8, 4) is 0 Å². The van der Waals surface area contributed by atoms with Crippen LogP contribution in [0.5, 0.6) is 0 Å². The summed E-state index contributed by atoms with van der Waals surface area (Å²) in [5.41, 5.74) is 2.12. The summed E-state index contributed by atoms with van der Waals surface area (Å²) in [6.45, 7) is 4.89. The van der Waals surface area contributed by atoms with Gasteiger partial charge in [-0.1, -0.05) is 12.1 Å². The molecule has 2 aliphatic rings. The van der Waals surface area contributed by atoms with Crippen LogP contribution in [0.15, 0.2) is 48.9 Å². The van der Waals surface area contributed by atoms with E-state index >= 15 is 0 Å². The van der Waals surface area contributed by atoms with Gasteiger partial charge in [-0.2, -0.15) is 0 Å². The highest BCUT2D eigenvalue weighted by molar-refractivity contribution is 5.78. The lowest BCUT2D eigenvalue weighted by Gasteiger charge is -2.21. The molecule has 0 unspecified atom stereocenters. The molecule has 2 atom stereocenters. The third kappa shape index (κ3) is 3.31. The summed E-state index contributed by atoms with van der Waals surface area (Å²) in [7, 11) is 0. The van der Waals surface area contributed by atoms with E-state index in [1.165, 1.54) is 5.56 Å². The molecule has 4 rings (SSSR count). The van der Waals surface area contributed by atoms with E-state index in [0.29, 0.717) is 18.3 Å². The van der Waals surface area contributed by atoms with Crippen molar-refractivity contribution < 1.29 is 4.79 Å². The van der Waals surface area contributed by atoms with Crippen LogP contribution in [0.3, 0.4) is 0 Å². The lowest BCUT2D eigenvalue weighted by atomic mass is 10.0. The number of amides is 1. The van der Waals surface area contributed by atoms with Crippen LogP contribution in [0, 0.1) is 11.8 Å². The van der Waals surface area contributed by atoms with Crippen molar-refractivity contribution in [2.45, 2.75) is 13.0 Å². The number of carbonyl (C=O) groups is 1. The molecule has 5 nitrogen and oxygen atoms in total. The predicted octanol–water partition coefficient (Wildman–Crippen LogP) is 1.61. The molecule has 2 fully saturated rings. The highest BCUT2D eigenvalue weighted by Crippen LogP contribution is 2.32. The SMILES string of the molecule is O=C(Cc1ccccn1)N1C[C@H]2CN(Cc3cccnc3)C[C@H]2C1. The van der Waals surface area contributed by atoms with Crippen molar-refractivity contribution in [2.24, 2.45) is 11.8 Å². The fraction of sp³-hybridized carbons (Fsp3) is 0.421. The third-order valence-corrected chi connectivity index (χ3v) is 5.10. The summed E-state index contributed by atoms with van der Waals surface area (Å²) in [5, 5.41) is 0. The second kappa shape index (κ2) is 6.69. The summed E-state index contributed by atoms with van der Waals surface area (Å²) in [5.74, 6) is 1.42. The summed E-state index contributed by atoms with van der Waals surface area (Å²) in [6, 6.07) is 9.86. The first-order valence-electron chi connectivity index (χ1n) is 8.57. The van der Waals surface area contributed by atoms with Crippen molar-refractivity contribution in [1.82, 2.24) is 19.8 Å². The van der Waals surface area contributed by atoms with Crippen LogP contribution < -0.4 is 0 Å². The first-order chi connectivity index (χ1) is 11.8. The first-order valence-corrected chi connectivity index (χ1v) is 8.57. The van der Waals surface area contributed by atoms with Gasteiger partial charge in [0.15, 0.2) is 0 Å². The maximum Gasteiger partial charge on any atom is 0.228 e. The van der Waals surface area contributed by atoms with Gasteiger partial charge in [0.25, 0.3) is 0 Å². The monoisotopic (exact) mass is 322 g/mol. The van der Waals surface area contributed by atoms with Crippen LogP contribution in [0.4, 0.5) is 0 Å². The molecule has 2 aromatic rings. The highest BCUT2D eigenvalue weighted by atomic mass is 16.2. The zero-order valence-corrected chi connectivity index (χ0v) is 13.7. The van der Waals surface area contributed by atoms with Gasteiger partial charge < -0.3 is 4.90 Å². The predicted molar refractivity (Wildman–Crippen MR) is 91.0 cm³/mol. The summed E-state index contributed by atoms with van der Waals surface area (Å²) >= 11 is 0. The van der Waals surface area contributed by atoms with Crippen molar-refractivity contribution >= 4 is 5.91 Å². The molecular formula is C19H22N4O. The number of nitrogens with zero attached hydrogens (tertiary/aromatic N) is 4. The van der Waals surface area contributed by atoms with Crippen LogP contribution >= 0.6 is 0 Å². The Balaban J connectivity index is 1.30. The topological polar surface area (TPSA) is 49.3 Å². The molecule has 4 heterocycles. The maximum absolute atomic E-state index is 12.5. The van der Waals surface area contributed by atoms with E-state index in [0.717, 1.165) is 38.4 Å². The minimum Gasteiger partial charge on any atom is -0.342 e. The number of hydrogen-bond donors (Lipinski definition) is 0. The fourth-order valence-electron chi connectivity index (χ4n) is 3.94. The van der Waals surface area contributed by atoms with Gasteiger partial charge in [0.05, 0.1) is 6.42 Å². The number of likely N-dealkylation sites (tertiary alicyclic amines) is 2. The smallest absolute Gasteiger partial charge is 0.228 e. The molecule has 2 saturated heterocycles. The van der Waals surface area contributed by atoms with Gasteiger partial charge in [0.1, 0.15) is 0 Å². The molecule has 0 aromatic carbocycles. The molecular weight excluding hydrogens is 300 g/mol. The lowest BCUT2D eigenvalue weighted by Crippen LogP contribution is -2.34. The maximum atomic E-state index is 12.5. The van der Waals surface area contributed by atoms with Crippen LogP contribution in [-0.2, 0) is 17.8 Å². The molecule has 0 aliphatic carbocycles. The zero-order valence-electron chi connectivity index (χ0n) is 13.7. The Morgan fingerprint density at radius 3 is 2.54 bits per heavy atom. The number of carbonyl (C=O) groups excluding carboxylic acids is 1. The molecule has 0 N–H and O–H groups in total. The van der Waals surface area contributed by atoms with Crippen LogP contribution in [-0.4, -0.2) is 51.9 Å². The van der Waals surface area contributed by atoms with E-state index < -0.39 is 0 Å². The van der Waals surface area contributed by atoms with Gasteiger partial charge in [-0.25, -0.2) is 0 Å². The molecule has 124 valence electrons. The van der Waals surface area contributed by atoms with Gasteiger partial charge in [-0.3, -0.25) is 19.7 Å². The molecule has 5 heteroatoms. The number of hydrogen-bond acceptors (Lipinski definition) is 4. The standard InChI is InChI=1S/C19H22N4O/c24-19(8-18-5-1-2-7-21-18)23-13-16-11-22(12-17(16)14-23)10-15-4-3-6-20-9-15/h1-7,9,16-17H,8,10-14H2/t16-,17+. The molecule has 0 spiro atoms. The molecule has 24 heavy (non-hydrogen) atoms. The minimum absolute atomic E-state index is 0.210. The van der Waals surface area contributed by atoms with Crippen molar-refractivity contribution in [3.63, 3.8) is 0 Å². The third-order valence-electron chi connectivity index (χ3n) is 5.10. The quantitative estimate of drug-likeness (QED) is 0.858. The first kappa shape index (κ1) is 15.3. The Morgan fingerprint density at radius 2 is 1.88 bits per heavy atom. The molecule has 0 saturated carbocycles. The van der Waals surface area contributed by atoms with E-state index in [1.54, 1.807) is 6.20 Å². The average molecular weight is 322 g/mol. The van der Waals surface area contributed by atoms with E-state index in [-0.39, 0.29) is 5.91 Å². The minimum atomic E-state index is 0.210. The lowest BCUT2D eigenvalue weighted by molar-refractivity contribution is -0.129. The molecule has 0 radical (unpaired) electrons. The number of rotatable bonds is 4. The van der Waals surface area contributed by atoms with Crippen LogP contribution in [0.25, 0.3) is 0 Å². The van der Waals surface area contributed by atoms with Crippen LogP contribution in [0.1, 0.15) is 11.3 Å². The van der Waals surface area contributed by atoms with Crippen molar-refractivity contribution in [1.29, 1.82) is 0 Å². The zero-order chi connectivity index (χ0) is 16.4. The highest BCUT2D eigenvalue weighted by Gasteiger charge is 2.41. The fourth-order valence-corrected chi connectivity index (χ4v) is 3.94. The summed E-state index contributed by atoms with van der Waals surface area (Å²) < 4.78 is 0. The summed E-state index contributed by atoms with van der Waals surface area (Å²) in [4.78, 5) is 25.5. The Kier molecular flexibility index (Phi) is 4.26. The van der Waals surface area contributed by atoms with Crippen molar-refractivity contribution in [3.05, 3.63) is 60.2 Å². The van der Waals surface area contributed by atoms with E-state index in [2.05, 4.69) is 20.9 Å². The van der Waals surface area contributed by atoms with Gasteiger partial charge in [0.2, 0.25) is 5.91 Å². The summed E-state index contributed by atoms with van der Waals surface area (Å²) in [6.07, 6.45) is 5.92. The largest absolute Gasteiger partial charge is 0.342 e. The van der Waals surface area contributed by atoms with Gasteiger partial charge in [-0.05, 0) is 35.6 Å². The Bertz CT molecular complexity index is 677. The Hall–Kier alpha value is -2.27. The van der Waals surface area contributed by atoms with E-state index in [9.17, 15) is 4.79 Å². The van der Waals surface area contributed by atoms with Gasteiger partial charge >= 0.3 is 0 Å². The molecule has 0 bridgehead atoms. The number of pyridine rings is 2. The normalized spacial score (nSPS) is 23.4. The second-order valence-corrected chi connectivity index (χ2v) is 6.87. The average Bonchev–Trinajstić information content (AvgIpc) is 3.15. The molecule has 1 amide bonds. The molecule has 2 aliphatic heterocycles. The Morgan fingerprint density at radius 1 is 1.04 bits per heavy atom. The number of fused-ring (bicyclic) bond motifs is 1.